The molecule has 5 nitrogen and oxygen atoms in total. The summed E-state index contributed by atoms with van der Waals surface area (Å²) < 4.78 is 116. The fourth-order valence-corrected chi connectivity index (χ4v) is 3.38. The Hall–Kier alpha value is -2.67. The van der Waals surface area contributed by atoms with Crippen LogP contribution in [0.3, 0.4) is 0 Å². The Balaban J connectivity index is 2.34. The van der Waals surface area contributed by atoms with Crippen LogP contribution in [0.2, 0.25) is 0 Å². The maximum atomic E-state index is 13.9. The van der Waals surface area contributed by atoms with Gasteiger partial charge in [-0.25, -0.2) is 26.0 Å². The Morgan fingerprint density at radius 2 is 1.52 bits per heavy atom. The van der Waals surface area contributed by atoms with Gasteiger partial charge < -0.3 is 5.32 Å². The van der Waals surface area contributed by atoms with Crippen molar-refractivity contribution in [2.24, 2.45) is 0 Å². The Morgan fingerprint density at radius 1 is 0.966 bits per heavy atom. The second kappa shape index (κ2) is 7.99. The van der Waals surface area contributed by atoms with Crippen molar-refractivity contribution in [1.82, 2.24) is 4.72 Å². The third-order valence-corrected chi connectivity index (χ3v) is 5.10. The normalized spacial score (nSPS) is 13.2. The van der Waals surface area contributed by atoms with Crippen molar-refractivity contribution < 1.29 is 43.9 Å². The Kier molecular flexibility index (Phi) is 6.23. The second-order valence-corrected chi connectivity index (χ2v) is 7.42. The van der Waals surface area contributed by atoms with Crippen LogP contribution in [0.15, 0.2) is 35.2 Å². The van der Waals surface area contributed by atoms with Crippen molar-refractivity contribution in [1.29, 1.82) is 0 Å². The van der Waals surface area contributed by atoms with Crippen molar-refractivity contribution >= 4 is 21.6 Å². The fourth-order valence-electron chi connectivity index (χ4n) is 2.04. The van der Waals surface area contributed by atoms with Crippen LogP contribution in [0.25, 0.3) is 0 Å². The molecule has 2 N–H and O–H groups in total. The average Bonchev–Trinajstić information content (AvgIpc) is 2.58. The van der Waals surface area contributed by atoms with Gasteiger partial charge in [-0.05, 0) is 25.1 Å². The number of anilines is 1. The number of alkyl halides is 3. The largest absolute Gasteiger partial charge is 0.404 e. The highest BCUT2D eigenvalue weighted by Gasteiger charge is 2.39. The highest BCUT2D eigenvalue weighted by Crippen LogP contribution is 2.24. The van der Waals surface area contributed by atoms with E-state index in [9.17, 15) is 43.9 Å². The van der Waals surface area contributed by atoms with Crippen LogP contribution >= 0.6 is 0 Å². The minimum atomic E-state index is -5.02. The zero-order chi connectivity index (χ0) is 22.1. The van der Waals surface area contributed by atoms with Crippen molar-refractivity contribution in [2.75, 3.05) is 5.32 Å². The predicted molar refractivity (Wildman–Crippen MR) is 86.5 cm³/mol. The number of sulfonamides is 1. The van der Waals surface area contributed by atoms with Gasteiger partial charge in [0.15, 0.2) is 17.5 Å². The van der Waals surface area contributed by atoms with Gasteiger partial charge in [0.25, 0.3) is 5.91 Å². The van der Waals surface area contributed by atoms with Gasteiger partial charge in [-0.15, -0.1) is 0 Å². The lowest BCUT2D eigenvalue weighted by Crippen LogP contribution is -2.43. The molecule has 2 rings (SSSR count). The Bertz CT molecular complexity index is 1030. The van der Waals surface area contributed by atoms with Crippen LogP contribution in [0.1, 0.15) is 17.3 Å². The van der Waals surface area contributed by atoms with E-state index in [0.717, 1.165) is 6.07 Å². The van der Waals surface area contributed by atoms with Crippen LogP contribution in [-0.4, -0.2) is 26.5 Å². The highest BCUT2D eigenvalue weighted by atomic mass is 32.2. The van der Waals surface area contributed by atoms with E-state index in [1.807, 2.05) is 5.32 Å². The molecule has 29 heavy (non-hydrogen) atoms. The molecule has 1 unspecified atom stereocenters. The Labute approximate surface area is 159 Å². The van der Waals surface area contributed by atoms with Gasteiger partial charge in [0.05, 0.1) is 0 Å². The molecule has 1 atom stereocenters. The van der Waals surface area contributed by atoms with E-state index in [4.69, 9.17) is 0 Å². The lowest BCUT2D eigenvalue weighted by Gasteiger charge is -2.17. The molecule has 0 aromatic heterocycles. The van der Waals surface area contributed by atoms with E-state index in [-0.39, 0.29) is 0 Å². The van der Waals surface area contributed by atoms with Gasteiger partial charge in [0, 0.05) is 23.4 Å². The maximum Gasteiger partial charge on any atom is 0.404 e. The molecule has 0 aliphatic carbocycles. The van der Waals surface area contributed by atoms with E-state index in [0.29, 0.717) is 31.2 Å². The number of nitrogens with one attached hydrogen (secondary N) is 2. The van der Waals surface area contributed by atoms with Crippen molar-refractivity contribution in [2.45, 2.75) is 24.0 Å². The summed E-state index contributed by atoms with van der Waals surface area (Å²) in [7, 11) is -5.02. The first-order valence-electron chi connectivity index (χ1n) is 7.57. The molecular formula is C16H11F7N2O3S. The van der Waals surface area contributed by atoms with Crippen molar-refractivity contribution in [3.05, 3.63) is 59.2 Å². The lowest BCUT2D eigenvalue weighted by atomic mass is 10.2. The molecule has 0 spiro atoms. The third kappa shape index (κ3) is 5.23. The SMILES string of the molecule is CC(NS(=O)(=O)c1cc(C(=O)Nc2cc(F)c(F)c(F)c2)ccc1F)C(F)(F)F. The summed E-state index contributed by atoms with van der Waals surface area (Å²) in [4.78, 5) is 10.9. The van der Waals surface area contributed by atoms with Crippen LogP contribution in [0, 0.1) is 23.3 Å². The lowest BCUT2D eigenvalue weighted by molar-refractivity contribution is -0.147. The molecule has 2 aromatic rings. The summed E-state index contributed by atoms with van der Waals surface area (Å²) in [6.07, 6.45) is -4.95. The van der Waals surface area contributed by atoms with Gasteiger partial charge in [-0.1, -0.05) is 0 Å². The van der Waals surface area contributed by atoms with E-state index in [1.165, 1.54) is 4.72 Å². The second-order valence-electron chi connectivity index (χ2n) is 5.74. The quantitative estimate of drug-likeness (QED) is 0.545. The average molecular weight is 444 g/mol. The molecule has 0 bridgehead atoms. The molecule has 13 heteroatoms. The minimum Gasteiger partial charge on any atom is -0.322 e. The molecule has 0 saturated carbocycles. The van der Waals surface area contributed by atoms with Crippen molar-refractivity contribution in [3.8, 4) is 0 Å². The number of carbonyl (C=O) groups is 1. The van der Waals surface area contributed by atoms with Crippen LogP contribution in [-0.2, 0) is 10.0 Å². The monoisotopic (exact) mass is 444 g/mol. The molecule has 0 radical (unpaired) electrons. The van der Waals surface area contributed by atoms with Gasteiger partial charge in [0.2, 0.25) is 10.0 Å². The number of halogens is 7. The minimum absolute atomic E-state index is 0.435. The standard InChI is InChI=1S/C16H11F7N2O3S/c1-7(16(21,22)23)25-29(27,28)13-4-8(2-3-10(13)17)15(26)24-9-5-11(18)14(20)12(19)6-9/h2-7,25H,1H3,(H,24,26). The third-order valence-electron chi connectivity index (χ3n) is 3.55. The van der Waals surface area contributed by atoms with Crippen LogP contribution in [0.5, 0.6) is 0 Å². The molecule has 2 aromatic carbocycles. The van der Waals surface area contributed by atoms with Gasteiger partial charge in [-0.3, -0.25) is 4.79 Å². The van der Waals surface area contributed by atoms with Crippen LogP contribution in [0.4, 0.5) is 36.4 Å². The van der Waals surface area contributed by atoms with E-state index in [1.54, 1.807) is 0 Å². The first-order chi connectivity index (χ1) is 13.2. The zero-order valence-electron chi connectivity index (χ0n) is 14.2. The molecule has 0 aliphatic rings. The van der Waals surface area contributed by atoms with Crippen LogP contribution < -0.4 is 10.0 Å². The van der Waals surface area contributed by atoms with Crippen molar-refractivity contribution in [3.63, 3.8) is 0 Å². The van der Waals surface area contributed by atoms with Gasteiger partial charge >= 0.3 is 6.18 Å². The number of amides is 1. The number of rotatable bonds is 5. The number of carbonyl (C=O) groups excluding carboxylic acids is 1. The Morgan fingerprint density at radius 3 is 2.03 bits per heavy atom. The molecule has 0 fully saturated rings. The first kappa shape index (κ1) is 22.6. The van der Waals surface area contributed by atoms with Gasteiger partial charge in [0.1, 0.15) is 16.8 Å². The summed E-state index contributed by atoms with van der Waals surface area (Å²) in [5, 5.41) is 1.93. The zero-order valence-corrected chi connectivity index (χ0v) is 15.1. The summed E-state index contributed by atoms with van der Waals surface area (Å²) in [5.74, 6) is -7.65. The molecule has 0 aliphatic heterocycles. The molecule has 1 amide bonds. The number of hydrogen-bond donors (Lipinski definition) is 2. The smallest absolute Gasteiger partial charge is 0.322 e. The predicted octanol–water partition coefficient (Wildman–Crippen LogP) is 3.72. The number of benzene rings is 2. The summed E-state index contributed by atoms with van der Waals surface area (Å²) in [6.45, 7) is 0.490. The maximum absolute atomic E-state index is 13.9. The summed E-state index contributed by atoms with van der Waals surface area (Å²) in [5.41, 5.74) is -1.10. The fraction of sp³-hybridized carbons (Fsp3) is 0.188. The topological polar surface area (TPSA) is 75.3 Å². The molecule has 158 valence electrons. The van der Waals surface area contributed by atoms with Gasteiger partial charge in [-0.2, -0.15) is 17.9 Å². The van der Waals surface area contributed by atoms with E-state index < -0.39 is 67.6 Å². The molecule has 0 heterocycles. The van der Waals surface area contributed by atoms with E-state index >= 15 is 0 Å². The number of hydrogen-bond acceptors (Lipinski definition) is 3. The molecular weight excluding hydrogens is 433 g/mol. The van der Waals surface area contributed by atoms with E-state index in [2.05, 4.69) is 0 Å². The molecule has 0 saturated heterocycles. The first-order valence-corrected chi connectivity index (χ1v) is 9.05. The summed E-state index contributed by atoms with van der Waals surface area (Å²) >= 11 is 0. The summed E-state index contributed by atoms with van der Waals surface area (Å²) in [6, 6.07) is 0.0516. The highest BCUT2D eigenvalue weighted by molar-refractivity contribution is 7.89.